The van der Waals surface area contributed by atoms with Gasteiger partial charge in [0.25, 0.3) is 0 Å². The van der Waals surface area contributed by atoms with Crippen LogP contribution in [0.5, 0.6) is 0 Å². The van der Waals surface area contributed by atoms with E-state index in [0.29, 0.717) is 6.04 Å². The van der Waals surface area contributed by atoms with Crippen LogP contribution in [0.15, 0.2) is 53.5 Å². The largest absolute Gasteiger partial charge is 0.464 e. The zero-order valence-electron chi connectivity index (χ0n) is 14.3. The third-order valence-electron chi connectivity index (χ3n) is 4.83. The van der Waals surface area contributed by atoms with Gasteiger partial charge in [-0.25, -0.2) is 9.97 Å². The second kappa shape index (κ2) is 7.21. The smallest absolute Gasteiger partial charge is 0.138 e. The predicted molar refractivity (Wildman–Crippen MR) is 96.5 cm³/mol. The van der Waals surface area contributed by atoms with Gasteiger partial charge in [0.05, 0.1) is 12.4 Å². The molecular weight excluding hydrogens is 316 g/mol. The van der Waals surface area contributed by atoms with Crippen molar-refractivity contribution >= 4 is 16.8 Å². The Morgan fingerprint density at radius 3 is 3.12 bits per heavy atom. The van der Waals surface area contributed by atoms with Gasteiger partial charge in [0.15, 0.2) is 0 Å². The lowest BCUT2D eigenvalue weighted by Crippen LogP contribution is -2.38. The molecule has 0 unspecified atom stereocenters. The van der Waals surface area contributed by atoms with Gasteiger partial charge in [0.2, 0.25) is 0 Å². The molecule has 0 spiro atoms. The molecule has 0 aliphatic carbocycles. The van der Waals surface area contributed by atoms with Gasteiger partial charge in [-0.1, -0.05) is 18.2 Å². The van der Waals surface area contributed by atoms with E-state index < -0.39 is 0 Å². The summed E-state index contributed by atoms with van der Waals surface area (Å²) >= 11 is 0. The standard InChI is InChI=1S/C19H22N4O2/c1-24-17-9-16(23(12-17)18-5-7-20-13-22-18)11-21-10-15-4-2-3-14-6-8-25-19(14)15/h2-8,13,16-17,21H,9-12H2,1H3/t16-,17-/m1/s1. The summed E-state index contributed by atoms with van der Waals surface area (Å²) in [5.41, 5.74) is 2.14. The Balaban J connectivity index is 1.43. The first-order chi connectivity index (χ1) is 12.3. The van der Waals surface area contributed by atoms with Gasteiger partial charge >= 0.3 is 0 Å². The van der Waals surface area contributed by atoms with Gasteiger partial charge in [0.1, 0.15) is 17.7 Å². The Hall–Kier alpha value is -2.44. The van der Waals surface area contributed by atoms with E-state index >= 15 is 0 Å². The van der Waals surface area contributed by atoms with Gasteiger partial charge in [-0.2, -0.15) is 0 Å². The lowest BCUT2D eigenvalue weighted by Gasteiger charge is -2.25. The monoisotopic (exact) mass is 338 g/mol. The SMILES string of the molecule is CO[C@@H]1C[C@H](CNCc2cccc3ccoc23)N(c2ccncn2)C1. The molecule has 1 aliphatic heterocycles. The minimum absolute atomic E-state index is 0.232. The molecule has 1 aliphatic rings. The van der Waals surface area contributed by atoms with Crippen LogP contribution in [0.1, 0.15) is 12.0 Å². The number of hydrogen-bond donors (Lipinski definition) is 1. The highest BCUT2D eigenvalue weighted by Crippen LogP contribution is 2.25. The summed E-state index contributed by atoms with van der Waals surface area (Å²) in [5, 5.41) is 4.71. The summed E-state index contributed by atoms with van der Waals surface area (Å²) in [7, 11) is 1.77. The maximum absolute atomic E-state index is 5.61. The number of fused-ring (bicyclic) bond motifs is 1. The van der Waals surface area contributed by atoms with Crippen LogP contribution in [0.25, 0.3) is 11.0 Å². The number of ether oxygens (including phenoxy) is 1. The van der Waals surface area contributed by atoms with Gasteiger partial charge in [-0.15, -0.1) is 0 Å². The number of aromatic nitrogens is 2. The molecule has 0 amide bonds. The molecule has 0 bridgehead atoms. The predicted octanol–water partition coefficient (Wildman–Crippen LogP) is 2.61. The molecule has 25 heavy (non-hydrogen) atoms. The molecule has 1 fully saturated rings. The van der Waals surface area contributed by atoms with Crippen LogP contribution in [0.4, 0.5) is 5.82 Å². The highest BCUT2D eigenvalue weighted by atomic mass is 16.5. The number of nitrogens with one attached hydrogen (secondary N) is 1. The first-order valence-electron chi connectivity index (χ1n) is 8.56. The van der Waals surface area contributed by atoms with E-state index in [0.717, 1.165) is 42.8 Å². The van der Waals surface area contributed by atoms with E-state index in [9.17, 15) is 0 Å². The fourth-order valence-electron chi connectivity index (χ4n) is 3.54. The van der Waals surface area contributed by atoms with Gasteiger partial charge in [0, 0.05) is 49.9 Å². The third kappa shape index (κ3) is 3.36. The van der Waals surface area contributed by atoms with E-state index in [1.807, 2.05) is 12.1 Å². The van der Waals surface area contributed by atoms with Crippen molar-refractivity contribution in [2.24, 2.45) is 0 Å². The van der Waals surface area contributed by atoms with Crippen molar-refractivity contribution < 1.29 is 9.15 Å². The zero-order chi connectivity index (χ0) is 17.1. The molecule has 1 aromatic carbocycles. The molecule has 6 heteroatoms. The van der Waals surface area contributed by atoms with E-state index in [-0.39, 0.29) is 6.10 Å². The third-order valence-corrected chi connectivity index (χ3v) is 4.83. The average Bonchev–Trinajstić information content (AvgIpc) is 3.29. The van der Waals surface area contributed by atoms with Crippen molar-refractivity contribution in [3.05, 3.63) is 54.7 Å². The molecule has 0 saturated carbocycles. The topological polar surface area (TPSA) is 63.4 Å². The number of rotatable bonds is 6. The van der Waals surface area contributed by atoms with Crippen molar-refractivity contribution in [1.29, 1.82) is 0 Å². The van der Waals surface area contributed by atoms with Crippen LogP contribution in [0.3, 0.4) is 0 Å². The van der Waals surface area contributed by atoms with Crippen LogP contribution in [0, 0.1) is 0 Å². The van der Waals surface area contributed by atoms with Gasteiger partial charge < -0.3 is 19.4 Å². The first kappa shape index (κ1) is 16.1. The van der Waals surface area contributed by atoms with Crippen LogP contribution in [-0.2, 0) is 11.3 Å². The Bertz CT molecular complexity index is 820. The van der Waals surface area contributed by atoms with Crippen LogP contribution in [-0.4, -0.2) is 42.3 Å². The zero-order valence-corrected chi connectivity index (χ0v) is 14.3. The van der Waals surface area contributed by atoms with Crippen LogP contribution in [0.2, 0.25) is 0 Å². The fourth-order valence-corrected chi connectivity index (χ4v) is 3.54. The van der Waals surface area contributed by atoms with Crippen LogP contribution >= 0.6 is 0 Å². The number of para-hydroxylation sites is 1. The fraction of sp³-hybridized carbons (Fsp3) is 0.368. The molecular formula is C19H22N4O2. The molecule has 1 saturated heterocycles. The summed E-state index contributed by atoms with van der Waals surface area (Å²) in [6, 6.07) is 10.5. The molecule has 1 N–H and O–H groups in total. The second-order valence-corrected chi connectivity index (χ2v) is 6.35. The Morgan fingerprint density at radius 1 is 1.32 bits per heavy atom. The van der Waals surface area contributed by atoms with Crippen molar-refractivity contribution in [2.75, 3.05) is 25.1 Å². The summed E-state index contributed by atoms with van der Waals surface area (Å²) in [5.74, 6) is 0.953. The average molecular weight is 338 g/mol. The number of benzene rings is 1. The molecule has 2 atom stereocenters. The van der Waals surface area contributed by atoms with E-state index in [2.05, 4.69) is 38.4 Å². The molecule has 130 valence electrons. The minimum Gasteiger partial charge on any atom is -0.464 e. The summed E-state index contributed by atoms with van der Waals surface area (Å²) in [4.78, 5) is 10.7. The van der Waals surface area contributed by atoms with Crippen molar-refractivity contribution in [3.63, 3.8) is 0 Å². The quantitative estimate of drug-likeness (QED) is 0.745. The molecule has 3 heterocycles. The Kier molecular flexibility index (Phi) is 4.63. The Morgan fingerprint density at radius 2 is 2.28 bits per heavy atom. The highest BCUT2D eigenvalue weighted by molar-refractivity contribution is 5.80. The second-order valence-electron chi connectivity index (χ2n) is 6.35. The maximum atomic E-state index is 5.61. The van der Waals surface area contributed by atoms with Crippen molar-refractivity contribution in [3.8, 4) is 0 Å². The molecule has 4 rings (SSSR count). The van der Waals surface area contributed by atoms with Crippen LogP contribution < -0.4 is 10.2 Å². The normalized spacial score (nSPS) is 20.4. The molecule has 6 nitrogen and oxygen atoms in total. The number of hydrogen-bond acceptors (Lipinski definition) is 6. The summed E-state index contributed by atoms with van der Waals surface area (Å²) in [6.07, 6.45) is 6.33. The van der Waals surface area contributed by atoms with Crippen molar-refractivity contribution in [1.82, 2.24) is 15.3 Å². The van der Waals surface area contributed by atoms with E-state index in [1.165, 1.54) is 5.56 Å². The first-order valence-corrected chi connectivity index (χ1v) is 8.56. The lowest BCUT2D eigenvalue weighted by molar-refractivity contribution is 0.118. The summed E-state index contributed by atoms with van der Waals surface area (Å²) in [6.45, 7) is 2.49. The van der Waals surface area contributed by atoms with E-state index in [4.69, 9.17) is 9.15 Å². The van der Waals surface area contributed by atoms with Gasteiger partial charge in [-0.3, -0.25) is 0 Å². The molecule has 2 aromatic heterocycles. The number of nitrogens with zero attached hydrogens (tertiary/aromatic N) is 3. The molecule has 0 radical (unpaired) electrons. The Labute approximate surface area is 146 Å². The lowest BCUT2D eigenvalue weighted by atomic mass is 10.1. The number of furan rings is 1. The highest BCUT2D eigenvalue weighted by Gasteiger charge is 2.32. The number of methoxy groups -OCH3 is 1. The number of anilines is 1. The van der Waals surface area contributed by atoms with Crippen molar-refractivity contribution in [2.45, 2.75) is 25.1 Å². The van der Waals surface area contributed by atoms with Gasteiger partial charge in [-0.05, 0) is 18.6 Å². The van der Waals surface area contributed by atoms with E-state index in [1.54, 1.807) is 25.9 Å². The minimum atomic E-state index is 0.232. The summed E-state index contributed by atoms with van der Waals surface area (Å²) < 4.78 is 11.2. The maximum Gasteiger partial charge on any atom is 0.138 e. The molecule has 3 aromatic rings.